The molecule has 0 heterocycles. The smallest absolute Gasteiger partial charge is 0.408 e. The van der Waals surface area contributed by atoms with Gasteiger partial charge in [-0.3, -0.25) is 4.79 Å². The fraction of sp³-hybridized carbons (Fsp3) is 0.296. The maximum atomic E-state index is 16.9. The van der Waals surface area contributed by atoms with Crippen LogP contribution in [-0.2, 0) is 14.3 Å². The number of ether oxygens (including phenoxy) is 2. The number of rotatable bonds is 7. The number of hydrogen-bond acceptors (Lipinski definition) is 5. The molecule has 0 saturated carbocycles. The second-order valence-corrected chi connectivity index (χ2v) is 8.81. The van der Waals surface area contributed by atoms with Gasteiger partial charge in [-0.1, -0.05) is 66.7 Å². The molecular weight excluding hydrogens is 437 g/mol. The van der Waals surface area contributed by atoms with Gasteiger partial charge in [0.1, 0.15) is 11.6 Å². The Morgan fingerprint density at radius 2 is 1.53 bits per heavy atom. The van der Waals surface area contributed by atoms with Gasteiger partial charge < -0.3 is 14.8 Å². The topological polar surface area (TPSA) is 81.7 Å². The van der Waals surface area contributed by atoms with Gasteiger partial charge in [-0.2, -0.15) is 0 Å². The van der Waals surface area contributed by atoms with E-state index in [2.05, 4.69) is 5.32 Å². The second kappa shape index (κ2) is 10.0. The maximum absolute atomic E-state index is 16.9. The van der Waals surface area contributed by atoms with E-state index in [1.165, 1.54) is 19.1 Å². The first-order valence-electron chi connectivity index (χ1n) is 11.0. The summed E-state index contributed by atoms with van der Waals surface area (Å²) >= 11 is 0. The molecule has 1 N–H and O–H groups in total. The van der Waals surface area contributed by atoms with E-state index < -0.39 is 35.2 Å². The molecule has 3 aromatic carbocycles. The quantitative estimate of drug-likeness (QED) is 0.281. The summed E-state index contributed by atoms with van der Waals surface area (Å²) in [4.78, 5) is 39.2. The molecule has 0 aliphatic heterocycles. The molecule has 34 heavy (non-hydrogen) atoms. The highest BCUT2D eigenvalue weighted by atomic mass is 19.1. The Morgan fingerprint density at radius 3 is 2.15 bits per heavy atom. The van der Waals surface area contributed by atoms with Crippen molar-refractivity contribution in [1.82, 2.24) is 5.32 Å². The molecule has 6 nitrogen and oxygen atoms in total. The summed E-state index contributed by atoms with van der Waals surface area (Å²) < 4.78 is 27.2. The zero-order valence-corrected chi connectivity index (χ0v) is 19.6. The first kappa shape index (κ1) is 24.9. The van der Waals surface area contributed by atoms with Gasteiger partial charge >= 0.3 is 12.1 Å². The number of hydrogen-bond donors (Lipinski definition) is 1. The number of esters is 1. The van der Waals surface area contributed by atoms with Crippen molar-refractivity contribution in [2.75, 3.05) is 6.61 Å². The molecule has 0 radical (unpaired) electrons. The molecule has 2 atom stereocenters. The number of alkyl halides is 1. The predicted octanol–water partition coefficient (Wildman–Crippen LogP) is 5.56. The van der Waals surface area contributed by atoms with Crippen LogP contribution in [0.2, 0.25) is 0 Å². The molecule has 0 fully saturated rings. The van der Waals surface area contributed by atoms with E-state index in [0.29, 0.717) is 0 Å². The van der Waals surface area contributed by atoms with Crippen LogP contribution in [0.3, 0.4) is 0 Å². The van der Waals surface area contributed by atoms with Crippen molar-refractivity contribution in [3.8, 4) is 0 Å². The number of nitrogens with one attached hydrogen (secondary N) is 1. The Morgan fingerprint density at radius 1 is 0.912 bits per heavy atom. The van der Waals surface area contributed by atoms with Crippen molar-refractivity contribution < 1.29 is 28.2 Å². The lowest BCUT2D eigenvalue weighted by atomic mass is 9.83. The molecule has 0 aromatic heterocycles. The Bertz CT molecular complexity index is 1190. The van der Waals surface area contributed by atoms with Crippen LogP contribution in [0.4, 0.5) is 9.18 Å². The van der Waals surface area contributed by atoms with Gasteiger partial charge in [-0.25, -0.2) is 14.0 Å². The summed E-state index contributed by atoms with van der Waals surface area (Å²) in [5.41, 5.74) is -3.96. The van der Waals surface area contributed by atoms with Gasteiger partial charge in [-0.05, 0) is 50.1 Å². The third kappa shape index (κ3) is 5.42. The first-order chi connectivity index (χ1) is 16.1. The van der Waals surface area contributed by atoms with Gasteiger partial charge in [0.15, 0.2) is 0 Å². The van der Waals surface area contributed by atoms with E-state index >= 15 is 4.39 Å². The highest BCUT2D eigenvalue weighted by Gasteiger charge is 2.56. The van der Waals surface area contributed by atoms with Crippen LogP contribution in [0.1, 0.15) is 49.7 Å². The number of Topliss-reactive ketones (excluding diaryl/α,β-unsaturated/α-hetero) is 1. The zero-order valence-electron chi connectivity index (χ0n) is 19.6. The monoisotopic (exact) mass is 465 g/mol. The van der Waals surface area contributed by atoms with E-state index in [0.717, 1.165) is 10.8 Å². The van der Waals surface area contributed by atoms with E-state index in [-0.39, 0.29) is 17.7 Å². The minimum atomic E-state index is -3.25. The molecule has 0 aliphatic rings. The van der Waals surface area contributed by atoms with Crippen LogP contribution in [0, 0.1) is 0 Å². The third-order valence-electron chi connectivity index (χ3n) is 5.10. The van der Waals surface area contributed by atoms with Crippen LogP contribution < -0.4 is 5.32 Å². The summed E-state index contributed by atoms with van der Waals surface area (Å²) in [5, 5.41) is 4.04. The van der Waals surface area contributed by atoms with Gasteiger partial charge in [-0.15, -0.1) is 0 Å². The lowest BCUT2D eigenvalue weighted by Gasteiger charge is -2.32. The number of alkyl carbamates (subject to hydrolysis) is 1. The Balaban J connectivity index is 2.18. The molecule has 0 aliphatic carbocycles. The van der Waals surface area contributed by atoms with Crippen molar-refractivity contribution in [2.24, 2.45) is 0 Å². The fourth-order valence-corrected chi connectivity index (χ4v) is 3.60. The minimum absolute atomic E-state index is 0.0326. The average molecular weight is 466 g/mol. The van der Waals surface area contributed by atoms with Crippen LogP contribution in [0.25, 0.3) is 10.8 Å². The zero-order chi connectivity index (χ0) is 24.9. The van der Waals surface area contributed by atoms with E-state index in [4.69, 9.17) is 9.47 Å². The number of carbonyl (C=O) groups is 3. The Labute approximate surface area is 198 Å². The number of ketones is 1. The maximum Gasteiger partial charge on any atom is 0.408 e. The van der Waals surface area contributed by atoms with E-state index in [1.54, 1.807) is 57.2 Å². The molecule has 1 amide bonds. The molecule has 0 spiro atoms. The molecule has 178 valence electrons. The summed E-state index contributed by atoms with van der Waals surface area (Å²) in [6, 6.07) is 18.2. The van der Waals surface area contributed by atoms with Crippen molar-refractivity contribution in [2.45, 2.75) is 45.0 Å². The standard InChI is InChI=1S/C27H28FNO5/c1-5-33-24(31)27(28,23(30)19-12-7-6-8-13-19)22(29-25(32)34-26(2,3)4)21-16-15-18-11-9-10-14-20(18)17-21/h6-17,22H,5H2,1-4H3,(H,29,32)/t22-,27-/m0/s1. The second-order valence-electron chi connectivity index (χ2n) is 8.81. The fourth-order valence-electron chi connectivity index (χ4n) is 3.60. The van der Waals surface area contributed by atoms with E-state index in [9.17, 15) is 14.4 Å². The molecular formula is C27H28FNO5. The SMILES string of the molecule is CCOC(=O)[C@@](F)(C(=O)c1ccccc1)[C@@H](NC(=O)OC(C)(C)C)c1ccc2ccccc2c1. The molecule has 0 unspecified atom stereocenters. The Kier molecular flexibility index (Phi) is 7.35. The number of carbonyl (C=O) groups excluding carboxylic acids is 3. The van der Waals surface area contributed by atoms with Crippen LogP contribution in [0.5, 0.6) is 0 Å². The average Bonchev–Trinajstić information content (AvgIpc) is 2.81. The summed E-state index contributed by atoms with van der Waals surface area (Å²) in [5.74, 6) is -2.51. The minimum Gasteiger partial charge on any atom is -0.463 e. The van der Waals surface area contributed by atoms with Crippen molar-refractivity contribution in [3.63, 3.8) is 0 Å². The molecule has 3 aromatic rings. The van der Waals surface area contributed by atoms with E-state index in [1.807, 2.05) is 24.3 Å². The first-order valence-corrected chi connectivity index (χ1v) is 11.0. The number of amides is 1. The largest absolute Gasteiger partial charge is 0.463 e. The Hall–Kier alpha value is -3.74. The molecule has 0 saturated heterocycles. The lowest BCUT2D eigenvalue weighted by Crippen LogP contribution is -2.55. The number of halogens is 1. The predicted molar refractivity (Wildman–Crippen MR) is 127 cm³/mol. The highest BCUT2D eigenvalue weighted by Crippen LogP contribution is 2.36. The normalized spacial score (nSPS) is 14.0. The van der Waals surface area contributed by atoms with Crippen LogP contribution in [0.15, 0.2) is 72.8 Å². The van der Waals surface area contributed by atoms with Gasteiger partial charge in [0.25, 0.3) is 5.67 Å². The summed E-state index contributed by atoms with van der Waals surface area (Å²) in [6.45, 7) is 6.32. The highest BCUT2D eigenvalue weighted by molar-refractivity contribution is 6.16. The van der Waals surface area contributed by atoms with Gasteiger partial charge in [0.2, 0.25) is 5.78 Å². The molecule has 0 bridgehead atoms. The third-order valence-corrected chi connectivity index (χ3v) is 5.10. The lowest BCUT2D eigenvalue weighted by molar-refractivity contribution is -0.155. The molecule has 7 heteroatoms. The summed E-state index contributed by atoms with van der Waals surface area (Å²) in [6.07, 6.45) is -0.974. The number of fused-ring (bicyclic) bond motifs is 1. The van der Waals surface area contributed by atoms with Crippen LogP contribution in [-0.4, -0.2) is 35.7 Å². The van der Waals surface area contributed by atoms with Crippen molar-refractivity contribution in [1.29, 1.82) is 0 Å². The van der Waals surface area contributed by atoms with Crippen LogP contribution >= 0.6 is 0 Å². The van der Waals surface area contributed by atoms with Gasteiger partial charge in [0, 0.05) is 5.56 Å². The number of benzene rings is 3. The van der Waals surface area contributed by atoms with Gasteiger partial charge in [0.05, 0.1) is 6.61 Å². The van der Waals surface area contributed by atoms with Crippen molar-refractivity contribution >= 4 is 28.6 Å². The summed E-state index contributed by atoms with van der Waals surface area (Å²) in [7, 11) is 0. The van der Waals surface area contributed by atoms with Crippen molar-refractivity contribution in [3.05, 3.63) is 83.9 Å². The molecule has 3 rings (SSSR count).